The van der Waals surface area contributed by atoms with Crippen LogP contribution in [0.1, 0.15) is 5.56 Å². The summed E-state index contributed by atoms with van der Waals surface area (Å²) in [6.45, 7) is 0.254. The number of benzene rings is 2. The summed E-state index contributed by atoms with van der Waals surface area (Å²) in [5.41, 5.74) is 1.41. The van der Waals surface area contributed by atoms with Gasteiger partial charge in [0, 0.05) is 13.6 Å². The first-order chi connectivity index (χ1) is 14.4. The van der Waals surface area contributed by atoms with Crippen LogP contribution in [0.4, 0.5) is 10.1 Å². The van der Waals surface area contributed by atoms with E-state index in [2.05, 4.69) is 5.32 Å². The first-order valence-electron chi connectivity index (χ1n) is 9.13. The minimum absolute atomic E-state index is 0.161. The fourth-order valence-electron chi connectivity index (χ4n) is 2.63. The van der Waals surface area contributed by atoms with Gasteiger partial charge in [0.2, 0.25) is 0 Å². The number of carbonyl (C=O) groups excluding carboxylic acids is 1. The highest BCUT2D eigenvalue weighted by atomic mass is 32.2. The molecule has 0 fully saturated rings. The van der Waals surface area contributed by atoms with Gasteiger partial charge in [-0.25, -0.2) is 12.8 Å². The first kappa shape index (κ1) is 21.8. The number of thiophene rings is 1. The second kappa shape index (κ2) is 9.73. The molecule has 0 atom stereocenters. The lowest BCUT2D eigenvalue weighted by molar-refractivity contribution is -0.123. The van der Waals surface area contributed by atoms with Crippen LogP contribution in [0, 0.1) is 5.82 Å². The van der Waals surface area contributed by atoms with Crippen LogP contribution in [0.15, 0.2) is 70.3 Å². The summed E-state index contributed by atoms with van der Waals surface area (Å²) >= 11 is 1.16. The zero-order valence-corrected chi connectivity index (χ0v) is 17.9. The van der Waals surface area contributed by atoms with Crippen LogP contribution >= 0.6 is 11.3 Å². The summed E-state index contributed by atoms with van der Waals surface area (Å²) in [6.07, 6.45) is 0.589. The van der Waals surface area contributed by atoms with Gasteiger partial charge in [-0.2, -0.15) is 0 Å². The minimum Gasteiger partial charge on any atom is -0.484 e. The van der Waals surface area contributed by atoms with E-state index in [0.717, 1.165) is 16.9 Å². The topological polar surface area (TPSA) is 75.7 Å². The van der Waals surface area contributed by atoms with Crippen molar-refractivity contribution in [1.29, 1.82) is 0 Å². The summed E-state index contributed by atoms with van der Waals surface area (Å²) in [5, 5.41) is 4.45. The molecule has 0 aliphatic carbocycles. The smallest absolute Gasteiger partial charge is 0.273 e. The van der Waals surface area contributed by atoms with Crippen molar-refractivity contribution in [2.24, 2.45) is 0 Å². The van der Waals surface area contributed by atoms with E-state index in [0.29, 0.717) is 24.4 Å². The van der Waals surface area contributed by atoms with Crippen LogP contribution in [0.2, 0.25) is 0 Å². The molecular weight excluding hydrogens is 427 g/mol. The van der Waals surface area contributed by atoms with E-state index in [4.69, 9.17) is 4.74 Å². The first-order valence-corrected chi connectivity index (χ1v) is 11.4. The molecule has 1 aromatic heterocycles. The van der Waals surface area contributed by atoms with Crippen molar-refractivity contribution in [3.63, 3.8) is 0 Å². The zero-order valence-electron chi connectivity index (χ0n) is 16.2. The molecule has 0 radical (unpaired) electrons. The third kappa shape index (κ3) is 5.58. The number of ether oxygens (including phenoxy) is 1. The highest BCUT2D eigenvalue weighted by Crippen LogP contribution is 2.26. The molecule has 0 saturated heterocycles. The Balaban J connectivity index is 1.47. The van der Waals surface area contributed by atoms with Gasteiger partial charge in [-0.05, 0) is 59.8 Å². The fourth-order valence-corrected chi connectivity index (χ4v) is 4.99. The monoisotopic (exact) mass is 448 g/mol. The van der Waals surface area contributed by atoms with Gasteiger partial charge < -0.3 is 10.1 Å². The third-order valence-electron chi connectivity index (χ3n) is 4.33. The summed E-state index contributed by atoms with van der Waals surface area (Å²) in [6, 6.07) is 15.8. The van der Waals surface area contributed by atoms with Crippen molar-refractivity contribution in [3.8, 4) is 5.75 Å². The standard InChI is InChI=1S/C21H21FN2O4S2/c1-24(30(26,27)21-3-2-14-29-21)18-8-10-19(11-9-18)28-15-20(25)23-13-12-16-4-6-17(22)7-5-16/h2-11,14H,12-13,15H2,1H3,(H,23,25). The van der Waals surface area contributed by atoms with Crippen molar-refractivity contribution in [2.45, 2.75) is 10.6 Å². The molecule has 3 rings (SSSR count). The van der Waals surface area contributed by atoms with Crippen molar-refractivity contribution in [3.05, 3.63) is 77.4 Å². The van der Waals surface area contributed by atoms with Gasteiger partial charge in [0.1, 0.15) is 15.8 Å². The Morgan fingerprint density at radius 1 is 1.10 bits per heavy atom. The van der Waals surface area contributed by atoms with Crippen LogP contribution in [0.3, 0.4) is 0 Å². The maximum atomic E-state index is 12.9. The van der Waals surface area contributed by atoms with Crippen molar-refractivity contribution in [1.82, 2.24) is 5.32 Å². The van der Waals surface area contributed by atoms with Gasteiger partial charge in [0.25, 0.3) is 15.9 Å². The second-order valence-electron chi connectivity index (χ2n) is 6.41. The van der Waals surface area contributed by atoms with Crippen LogP contribution in [-0.2, 0) is 21.2 Å². The number of hydrogen-bond acceptors (Lipinski definition) is 5. The molecule has 2 aromatic carbocycles. The van der Waals surface area contributed by atoms with Gasteiger partial charge in [-0.15, -0.1) is 11.3 Å². The molecule has 1 heterocycles. The summed E-state index contributed by atoms with van der Waals surface area (Å²) in [5.74, 6) is -0.120. The summed E-state index contributed by atoms with van der Waals surface area (Å²) < 4.78 is 44.9. The molecule has 3 aromatic rings. The number of amides is 1. The van der Waals surface area contributed by atoms with Gasteiger partial charge in [-0.1, -0.05) is 18.2 Å². The van der Waals surface area contributed by atoms with Gasteiger partial charge in [0.15, 0.2) is 6.61 Å². The molecule has 0 spiro atoms. The number of rotatable bonds is 9. The molecule has 0 aliphatic rings. The summed E-state index contributed by atoms with van der Waals surface area (Å²) in [7, 11) is -2.11. The van der Waals surface area contributed by atoms with Crippen LogP contribution in [0.25, 0.3) is 0 Å². The molecule has 0 aliphatic heterocycles. The molecule has 6 nitrogen and oxygen atoms in total. The Hall–Kier alpha value is -2.91. The molecule has 0 saturated carbocycles. The molecule has 1 amide bonds. The van der Waals surface area contributed by atoms with E-state index in [-0.39, 0.29) is 22.5 Å². The lowest BCUT2D eigenvalue weighted by Gasteiger charge is -2.18. The average molecular weight is 449 g/mol. The van der Waals surface area contributed by atoms with Crippen molar-refractivity contribution >= 4 is 33.0 Å². The SMILES string of the molecule is CN(c1ccc(OCC(=O)NCCc2ccc(F)cc2)cc1)S(=O)(=O)c1cccs1. The average Bonchev–Trinajstić information content (AvgIpc) is 3.29. The maximum absolute atomic E-state index is 12.9. The number of sulfonamides is 1. The quantitative estimate of drug-likeness (QED) is 0.544. The molecule has 30 heavy (non-hydrogen) atoms. The lowest BCUT2D eigenvalue weighted by atomic mass is 10.1. The highest BCUT2D eigenvalue weighted by molar-refractivity contribution is 7.94. The largest absolute Gasteiger partial charge is 0.484 e. The number of hydrogen-bond donors (Lipinski definition) is 1. The highest BCUT2D eigenvalue weighted by Gasteiger charge is 2.22. The predicted molar refractivity (Wildman–Crippen MR) is 115 cm³/mol. The van der Waals surface area contributed by atoms with E-state index in [1.54, 1.807) is 53.9 Å². The van der Waals surface area contributed by atoms with E-state index in [9.17, 15) is 17.6 Å². The number of anilines is 1. The molecule has 0 bridgehead atoms. The fraction of sp³-hybridized carbons (Fsp3) is 0.190. The Morgan fingerprint density at radius 2 is 1.80 bits per heavy atom. The Labute approximate surface area is 179 Å². The van der Waals surface area contributed by atoms with Gasteiger partial charge >= 0.3 is 0 Å². The van der Waals surface area contributed by atoms with Gasteiger partial charge in [0.05, 0.1) is 5.69 Å². The number of halogens is 1. The molecule has 1 N–H and O–H groups in total. The number of nitrogens with one attached hydrogen (secondary N) is 1. The van der Waals surface area contributed by atoms with E-state index < -0.39 is 10.0 Å². The minimum atomic E-state index is -3.60. The molecular formula is C21H21FN2O4S2. The van der Waals surface area contributed by atoms with E-state index in [1.165, 1.54) is 23.5 Å². The van der Waals surface area contributed by atoms with Crippen LogP contribution < -0.4 is 14.4 Å². The number of carbonyl (C=O) groups is 1. The van der Waals surface area contributed by atoms with Crippen LogP contribution in [-0.4, -0.2) is 34.5 Å². The lowest BCUT2D eigenvalue weighted by Crippen LogP contribution is -2.30. The third-order valence-corrected chi connectivity index (χ3v) is 7.49. The Kier molecular flexibility index (Phi) is 7.07. The summed E-state index contributed by atoms with van der Waals surface area (Å²) in [4.78, 5) is 11.9. The Bertz CT molecular complexity index is 1070. The van der Waals surface area contributed by atoms with Crippen molar-refractivity contribution < 1.29 is 22.3 Å². The van der Waals surface area contributed by atoms with Gasteiger partial charge in [-0.3, -0.25) is 9.10 Å². The predicted octanol–water partition coefficient (Wildman–Crippen LogP) is 3.45. The van der Waals surface area contributed by atoms with E-state index >= 15 is 0 Å². The van der Waals surface area contributed by atoms with Crippen LogP contribution in [0.5, 0.6) is 5.75 Å². The maximum Gasteiger partial charge on any atom is 0.273 e. The van der Waals surface area contributed by atoms with Crippen molar-refractivity contribution in [2.75, 3.05) is 24.5 Å². The molecule has 158 valence electrons. The zero-order chi connectivity index (χ0) is 21.6. The van der Waals surface area contributed by atoms with E-state index in [1.807, 2.05) is 0 Å². The second-order valence-corrected chi connectivity index (χ2v) is 9.56. The molecule has 9 heteroatoms. The Morgan fingerprint density at radius 3 is 2.43 bits per heavy atom. The normalized spacial score (nSPS) is 11.1. The number of nitrogens with zero attached hydrogens (tertiary/aromatic N) is 1. The molecule has 0 unspecified atom stereocenters.